The molecule has 17 heavy (non-hydrogen) atoms. The Kier molecular flexibility index (Phi) is 3.59. The Hall–Kier alpha value is -1.61. The molecule has 0 saturated heterocycles. The lowest BCUT2D eigenvalue weighted by atomic mass is 10.0. The Balaban J connectivity index is 2.04. The van der Waals surface area contributed by atoms with Crippen molar-refractivity contribution in [2.24, 2.45) is 7.05 Å². The summed E-state index contributed by atoms with van der Waals surface area (Å²) < 4.78 is 1.85. The number of aliphatic hydroxyl groups excluding tert-OH is 1. The molecule has 0 fully saturated rings. The Morgan fingerprint density at radius 1 is 1.24 bits per heavy atom. The molecule has 1 N–H and O–H groups in total. The number of nitrogens with zero attached hydrogens (tertiary/aromatic N) is 2. The normalized spacial score (nSPS) is 12.6. The standard InChI is InChI=1S/C14H18N2O/c1-3-11-4-6-12(7-5-11)8-14(17)13-9-16(2)10-15-13/h4-7,9-10,14,17H,3,8H2,1-2H3. The van der Waals surface area contributed by atoms with Gasteiger partial charge < -0.3 is 9.67 Å². The van der Waals surface area contributed by atoms with Crippen molar-refractivity contribution < 1.29 is 5.11 Å². The van der Waals surface area contributed by atoms with Crippen molar-refractivity contribution in [1.82, 2.24) is 9.55 Å². The lowest BCUT2D eigenvalue weighted by Gasteiger charge is -2.08. The molecule has 0 aliphatic carbocycles. The van der Waals surface area contributed by atoms with Crippen molar-refractivity contribution in [2.75, 3.05) is 0 Å². The maximum atomic E-state index is 10.0. The van der Waals surface area contributed by atoms with Crippen LogP contribution in [0.15, 0.2) is 36.8 Å². The molecule has 0 saturated carbocycles. The third-order valence-corrected chi connectivity index (χ3v) is 2.93. The van der Waals surface area contributed by atoms with Crippen LogP contribution >= 0.6 is 0 Å². The number of benzene rings is 1. The molecular formula is C14H18N2O. The molecule has 1 atom stereocenters. The SMILES string of the molecule is CCc1ccc(CC(O)c2cn(C)cn2)cc1. The van der Waals surface area contributed by atoms with E-state index in [0.29, 0.717) is 6.42 Å². The van der Waals surface area contributed by atoms with Crippen molar-refractivity contribution in [2.45, 2.75) is 25.9 Å². The van der Waals surface area contributed by atoms with E-state index in [1.807, 2.05) is 17.8 Å². The van der Waals surface area contributed by atoms with E-state index in [4.69, 9.17) is 0 Å². The molecule has 0 aliphatic heterocycles. The fraction of sp³-hybridized carbons (Fsp3) is 0.357. The van der Waals surface area contributed by atoms with E-state index in [0.717, 1.165) is 17.7 Å². The topological polar surface area (TPSA) is 38.0 Å². The molecule has 0 radical (unpaired) electrons. The number of aliphatic hydroxyl groups is 1. The smallest absolute Gasteiger partial charge is 0.101 e. The molecule has 2 aromatic rings. The molecule has 1 unspecified atom stereocenters. The summed E-state index contributed by atoms with van der Waals surface area (Å²) in [4.78, 5) is 4.16. The van der Waals surface area contributed by atoms with E-state index >= 15 is 0 Å². The minimum absolute atomic E-state index is 0.524. The summed E-state index contributed by atoms with van der Waals surface area (Å²) >= 11 is 0. The summed E-state index contributed by atoms with van der Waals surface area (Å²) in [6.45, 7) is 2.14. The number of rotatable bonds is 4. The highest BCUT2D eigenvalue weighted by Gasteiger charge is 2.10. The molecule has 0 amide bonds. The molecule has 1 aromatic heterocycles. The lowest BCUT2D eigenvalue weighted by molar-refractivity contribution is 0.174. The molecule has 3 heteroatoms. The fourth-order valence-electron chi connectivity index (χ4n) is 1.84. The van der Waals surface area contributed by atoms with Crippen LogP contribution in [0.3, 0.4) is 0 Å². The highest BCUT2D eigenvalue weighted by atomic mass is 16.3. The summed E-state index contributed by atoms with van der Waals surface area (Å²) in [5.41, 5.74) is 3.19. The van der Waals surface area contributed by atoms with Gasteiger partial charge in [0.2, 0.25) is 0 Å². The first-order chi connectivity index (χ1) is 8.19. The van der Waals surface area contributed by atoms with Crippen LogP contribution in [-0.4, -0.2) is 14.7 Å². The van der Waals surface area contributed by atoms with Gasteiger partial charge in [0, 0.05) is 19.7 Å². The monoisotopic (exact) mass is 230 g/mol. The summed E-state index contributed by atoms with van der Waals surface area (Å²) in [6, 6.07) is 8.37. The van der Waals surface area contributed by atoms with Crippen molar-refractivity contribution in [1.29, 1.82) is 0 Å². The zero-order chi connectivity index (χ0) is 12.3. The molecule has 1 aromatic carbocycles. The molecule has 0 aliphatic rings. The summed E-state index contributed by atoms with van der Waals surface area (Å²) in [5, 5.41) is 10.0. The number of aryl methyl sites for hydroxylation is 2. The Morgan fingerprint density at radius 3 is 2.41 bits per heavy atom. The van der Waals surface area contributed by atoms with Crippen LogP contribution in [0.5, 0.6) is 0 Å². The van der Waals surface area contributed by atoms with Crippen LogP contribution in [0, 0.1) is 0 Å². The van der Waals surface area contributed by atoms with Gasteiger partial charge in [-0.05, 0) is 17.5 Å². The number of hydrogen-bond acceptors (Lipinski definition) is 2. The van der Waals surface area contributed by atoms with Crippen LogP contribution in [0.2, 0.25) is 0 Å². The molecule has 90 valence electrons. The summed E-state index contributed by atoms with van der Waals surface area (Å²) in [6.07, 6.45) is 4.69. The fourth-order valence-corrected chi connectivity index (χ4v) is 1.84. The second kappa shape index (κ2) is 5.15. The predicted molar refractivity (Wildman–Crippen MR) is 67.7 cm³/mol. The minimum atomic E-state index is -0.524. The predicted octanol–water partition coefficient (Wildman–Crippen LogP) is 2.26. The second-order valence-corrected chi connectivity index (χ2v) is 4.35. The molecular weight excluding hydrogens is 212 g/mol. The molecule has 3 nitrogen and oxygen atoms in total. The third kappa shape index (κ3) is 2.94. The van der Waals surface area contributed by atoms with Crippen LogP contribution in [0.1, 0.15) is 29.8 Å². The lowest BCUT2D eigenvalue weighted by Crippen LogP contribution is -2.02. The Bertz CT molecular complexity index is 473. The first kappa shape index (κ1) is 11.9. The maximum Gasteiger partial charge on any atom is 0.101 e. The van der Waals surface area contributed by atoms with Crippen molar-refractivity contribution in [3.63, 3.8) is 0 Å². The van der Waals surface area contributed by atoms with Crippen LogP contribution in [0.25, 0.3) is 0 Å². The highest BCUT2D eigenvalue weighted by Crippen LogP contribution is 2.16. The van der Waals surface area contributed by atoms with Gasteiger partial charge >= 0.3 is 0 Å². The van der Waals surface area contributed by atoms with Crippen molar-refractivity contribution >= 4 is 0 Å². The minimum Gasteiger partial charge on any atom is -0.386 e. The van der Waals surface area contributed by atoms with Gasteiger partial charge in [0.05, 0.1) is 12.0 Å². The van der Waals surface area contributed by atoms with E-state index < -0.39 is 6.10 Å². The zero-order valence-corrected chi connectivity index (χ0v) is 10.3. The Morgan fingerprint density at radius 2 is 1.88 bits per heavy atom. The van der Waals surface area contributed by atoms with Crippen LogP contribution in [0.4, 0.5) is 0 Å². The number of hydrogen-bond donors (Lipinski definition) is 1. The molecule has 0 bridgehead atoms. The van der Waals surface area contributed by atoms with E-state index in [-0.39, 0.29) is 0 Å². The first-order valence-corrected chi connectivity index (χ1v) is 5.92. The van der Waals surface area contributed by atoms with Gasteiger partial charge in [0.1, 0.15) is 6.10 Å². The summed E-state index contributed by atoms with van der Waals surface area (Å²) in [7, 11) is 1.90. The number of aromatic nitrogens is 2. The van der Waals surface area contributed by atoms with Crippen LogP contribution in [-0.2, 0) is 19.9 Å². The third-order valence-electron chi connectivity index (χ3n) is 2.93. The molecule has 1 heterocycles. The van der Waals surface area contributed by atoms with Gasteiger partial charge in [-0.3, -0.25) is 0 Å². The first-order valence-electron chi connectivity index (χ1n) is 5.92. The molecule has 0 spiro atoms. The van der Waals surface area contributed by atoms with E-state index in [9.17, 15) is 5.11 Å². The van der Waals surface area contributed by atoms with E-state index in [2.05, 4.69) is 36.2 Å². The maximum absolute atomic E-state index is 10.0. The van der Waals surface area contributed by atoms with E-state index in [1.54, 1.807) is 6.33 Å². The average molecular weight is 230 g/mol. The van der Waals surface area contributed by atoms with Gasteiger partial charge in [-0.2, -0.15) is 0 Å². The van der Waals surface area contributed by atoms with Gasteiger partial charge in [-0.25, -0.2) is 4.98 Å². The molecule has 2 rings (SSSR count). The van der Waals surface area contributed by atoms with Gasteiger partial charge in [0.15, 0.2) is 0 Å². The average Bonchev–Trinajstić information content (AvgIpc) is 2.77. The number of imidazole rings is 1. The van der Waals surface area contributed by atoms with Crippen molar-refractivity contribution in [3.05, 3.63) is 53.6 Å². The van der Waals surface area contributed by atoms with Crippen molar-refractivity contribution in [3.8, 4) is 0 Å². The largest absolute Gasteiger partial charge is 0.386 e. The van der Waals surface area contributed by atoms with E-state index in [1.165, 1.54) is 5.56 Å². The second-order valence-electron chi connectivity index (χ2n) is 4.35. The summed E-state index contributed by atoms with van der Waals surface area (Å²) in [5.74, 6) is 0. The van der Waals surface area contributed by atoms with Crippen LogP contribution < -0.4 is 0 Å². The van der Waals surface area contributed by atoms with Gasteiger partial charge in [-0.15, -0.1) is 0 Å². The quantitative estimate of drug-likeness (QED) is 0.875. The zero-order valence-electron chi connectivity index (χ0n) is 10.3. The highest BCUT2D eigenvalue weighted by molar-refractivity contribution is 5.23. The Labute approximate surface area is 102 Å². The van der Waals surface area contributed by atoms with Gasteiger partial charge in [0.25, 0.3) is 0 Å². The van der Waals surface area contributed by atoms with Gasteiger partial charge in [-0.1, -0.05) is 31.2 Å².